The summed E-state index contributed by atoms with van der Waals surface area (Å²) in [6.07, 6.45) is 0. The van der Waals surface area contributed by atoms with Crippen LogP contribution in [0.1, 0.15) is 11.4 Å². The lowest BCUT2D eigenvalue weighted by atomic mass is 10.4. The SMILES string of the molecule is Cc1cc(C)n(-c2ccc(=O)n(CCNS(=O)(=O)c3ccc(Cl)cc3)n2)n1. The molecule has 0 unspecified atom stereocenters. The number of rotatable bonds is 6. The Morgan fingerprint density at radius 2 is 1.78 bits per heavy atom. The van der Waals surface area contributed by atoms with Gasteiger partial charge in [0, 0.05) is 23.3 Å². The van der Waals surface area contributed by atoms with E-state index in [1.807, 2.05) is 19.9 Å². The predicted molar refractivity (Wildman–Crippen MR) is 102 cm³/mol. The molecule has 10 heteroatoms. The van der Waals surface area contributed by atoms with Crippen molar-refractivity contribution in [3.63, 3.8) is 0 Å². The molecule has 0 atom stereocenters. The van der Waals surface area contributed by atoms with Gasteiger partial charge in [0.15, 0.2) is 5.82 Å². The summed E-state index contributed by atoms with van der Waals surface area (Å²) in [6.45, 7) is 3.85. The number of halogens is 1. The lowest BCUT2D eigenvalue weighted by Gasteiger charge is -2.10. The van der Waals surface area contributed by atoms with Crippen LogP contribution >= 0.6 is 11.6 Å². The van der Waals surface area contributed by atoms with Crippen molar-refractivity contribution in [3.05, 3.63) is 69.2 Å². The Labute approximate surface area is 161 Å². The number of nitrogens with one attached hydrogen (secondary N) is 1. The molecular weight excluding hydrogens is 390 g/mol. The van der Waals surface area contributed by atoms with Gasteiger partial charge in [-0.2, -0.15) is 5.10 Å². The van der Waals surface area contributed by atoms with Crippen molar-refractivity contribution >= 4 is 21.6 Å². The van der Waals surface area contributed by atoms with Gasteiger partial charge in [0.25, 0.3) is 5.56 Å². The minimum Gasteiger partial charge on any atom is -0.268 e. The molecule has 0 fully saturated rings. The summed E-state index contributed by atoms with van der Waals surface area (Å²) in [5.41, 5.74) is 1.39. The zero-order valence-electron chi connectivity index (χ0n) is 14.8. The highest BCUT2D eigenvalue weighted by Gasteiger charge is 2.14. The number of hydrogen-bond acceptors (Lipinski definition) is 5. The summed E-state index contributed by atoms with van der Waals surface area (Å²) in [7, 11) is -3.70. The molecule has 1 N–H and O–H groups in total. The molecule has 8 nitrogen and oxygen atoms in total. The quantitative estimate of drug-likeness (QED) is 0.670. The topological polar surface area (TPSA) is 98.9 Å². The van der Waals surface area contributed by atoms with E-state index in [4.69, 9.17) is 11.6 Å². The van der Waals surface area contributed by atoms with Crippen LogP contribution in [0.25, 0.3) is 5.82 Å². The predicted octanol–water partition coefficient (Wildman–Crippen LogP) is 1.68. The largest absolute Gasteiger partial charge is 0.268 e. The minimum atomic E-state index is -3.70. The molecule has 3 rings (SSSR count). The smallest absolute Gasteiger partial charge is 0.266 e. The number of benzene rings is 1. The molecule has 1 aromatic carbocycles. The van der Waals surface area contributed by atoms with E-state index in [9.17, 15) is 13.2 Å². The fourth-order valence-corrected chi connectivity index (χ4v) is 3.70. The van der Waals surface area contributed by atoms with E-state index in [0.717, 1.165) is 11.4 Å². The normalized spacial score (nSPS) is 11.7. The molecule has 0 saturated carbocycles. The molecule has 0 aliphatic heterocycles. The highest BCUT2D eigenvalue weighted by Crippen LogP contribution is 2.13. The summed E-state index contributed by atoms with van der Waals surface area (Å²) in [5.74, 6) is 0.487. The van der Waals surface area contributed by atoms with Crippen LogP contribution in [0, 0.1) is 13.8 Å². The summed E-state index contributed by atoms with van der Waals surface area (Å²) in [6, 6.07) is 10.7. The van der Waals surface area contributed by atoms with E-state index in [0.29, 0.717) is 10.8 Å². The molecule has 0 saturated heterocycles. The van der Waals surface area contributed by atoms with E-state index in [1.54, 1.807) is 10.7 Å². The average Bonchev–Trinajstić information content (AvgIpc) is 2.95. The first-order chi connectivity index (χ1) is 12.8. The molecular formula is C17H18ClN5O3S. The maximum Gasteiger partial charge on any atom is 0.266 e. The van der Waals surface area contributed by atoms with Crippen LogP contribution in [0.15, 0.2) is 52.2 Å². The molecule has 2 heterocycles. The summed E-state index contributed by atoms with van der Waals surface area (Å²) in [5, 5.41) is 9.06. The minimum absolute atomic E-state index is 0.0123. The molecule has 0 bridgehead atoms. The molecule has 0 aliphatic rings. The van der Waals surface area contributed by atoms with Crippen molar-refractivity contribution in [2.75, 3.05) is 6.54 Å². The van der Waals surface area contributed by atoms with E-state index in [1.165, 1.54) is 35.0 Å². The van der Waals surface area contributed by atoms with Gasteiger partial charge in [0.2, 0.25) is 10.0 Å². The van der Waals surface area contributed by atoms with Crippen molar-refractivity contribution in [2.24, 2.45) is 0 Å². The number of hydrogen-bond donors (Lipinski definition) is 1. The highest BCUT2D eigenvalue weighted by molar-refractivity contribution is 7.89. The molecule has 0 aliphatic carbocycles. The van der Waals surface area contributed by atoms with Gasteiger partial charge in [0.1, 0.15) is 0 Å². The van der Waals surface area contributed by atoms with Crippen molar-refractivity contribution < 1.29 is 8.42 Å². The Kier molecular flexibility index (Phi) is 5.45. The fraction of sp³-hybridized carbons (Fsp3) is 0.235. The number of nitrogens with zero attached hydrogens (tertiary/aromatic N) is 4. The third kappa shape index (κ3) is 4.44. The first kappa shape index (κ1) is 19.3. The summed E-state index contributed by atoms with van der Waals surface area (Å²) < 4.78 is 29.8. The second-order valence-corrected chi connectivity index (χ2v) is 8.15. The third-order valence-corrected chi connectivity index (χ3v) is 5.55. The van der Waals surface area contributed by atoms with Gasteiger partial charge in [-0.3, -0.25) is 4.79 Å². The highest BCUT2D eigenvalue weighted by atomic mass is 35.5. The average molecular weight is 408 g/mol. The van der Waals surface area contributed by atoms with Crippen LogP contribution in [0.5, 0.6) is 0 Å². The van der Waals surface area contributed by atoms with Crippen molar-refractivity contribution in [1.82, 2.24) is 24.3 Å². The summed E-state index contributed by atoms with van der Waals surface area (Å²) >= 11 is 5.77. The Morgan fingerprint density at radius 1 is 1.07 bits per heavy atom. The second-order valence-electron chi connectivity index (χ2n) is 5.94. The van der Waals surface area contributed by atoms with Crippen LogP contribution < -0.4 is 10.3 Å². The zero-order valence-corrected chi connectivity index (χ0v) is 16.3. The Bertz CT molecular complexity index is 1120. The maximum atomic E-state index is 12.3. The molecule has 0 amide bonds. The number of aromatic nitrogens is 4. The van der Waals surface area contributed by atoms with Crippen molar-refractivity contribution in [1.29, 1.82) is 0 Å². The van der Waals surface area contributed by atoms with Crippen LogP contribution in [-0.4, -0.2) is 34.5 Å². The maximum absolute atomic E-state index is 12.3. The number of sulfonamides is 1. The zero-order chi connectivity index (χ0) is 19.6. The third-order valence-electron chi connectivity index (χ3n) is 3.82. The van der Waals surface area contributed by atoms with E-state index in [2.05, 4.69) is 14.9 Å². The van der Waals surface area contributed by atoms with Gasteiger partial charge < -0.3 is 0 Å². The lowest BCUT2D eigenvalue weighted by molar-refractivity contribution is 0.541. The van der Waals surface area contributed by atoms with Crippen molar-refractivity contribution in [2.45, 2.75) is 25.3 Å². The van der Waals surface area contributed by atoms with Crippen LogP contribution in [0.2, 0.25) is 5.02 Å². The van der Waals surface area contributed by atoms with Gasteiger partial charge in [0.05, 0.1) is 17.1 Å². The molecule has 2 aromatic heterocycles. The molecule has 0 spiro atoms. The van der Waals surface area contributed by atoms with Crippen LogP contribution in [0.3, 0.4) is 0 Å². The second kappa shape index (κ2) is 7.63. The van der Waals surface area contributed by atoms with Crippen molar-refractivity contribution in [3.8, 4) is 5.82 Å². The van der Waals surface area contributed by atoms with Crippen LogP contribution in [-0.2, 0) is 16.6 Å². The summed E-state index contributed by atoms with van der Waals surface area (Å²) in [4.78, 5) is 12.1. The van der Waals surface area contributed by atoms with Crippen LogP contribution in [0.4, 0.5) is 0 Å². The monoisotopic (exact) mass is 407 g/mol. The van der Waals surface area contributed by atoms with Gasteiger partial charge in [-0.1, -0.05) is 11.6 Å². The standard InChI is InChI=1S/C17H18ClN5O3S/c1-12-11-13(2)23(20-12)16-7-8-17(24)22(21-16)10-9-19-27(25,26)15-5-3-14(18)4-6-15/h3-8,11,19H,9-10H2,1-2H3. The van der Waals surface area contributed by atoms with Gasteiger partial charge in [-0.15, -0.1) is 5.10 Å². The van der Waals surface area contributed by atoms with E-state index >= 15 is 0 Å². The Hall–Kier alpha value is -2.49. The molecule has 27 heavy (non-hydrogen) atoms. The first-order valence-corrected chi connectivity index (χ1v) is 9.99. The Morgan fingerprint density at radius 3 is 2.41 bits per heavy atom. The van der Waals surface area contributed by atoms with E-state index in [-0.39, 0.29) is 23.5 Å². The molecule has 142 valence electrons. The molecule has 3 aromatic rings. The lowest BCUT2D eigenvalue weighted by Crippen LogP contribution is -2.32. The first-order valence-electron chi connectivity index (χ1n) is 8.13. The van der Waals surface area contributed by atoms with Gasteiger partial charge >= 0.3 is 0 Å². The van der Waals surface area contributed by atoms with Gasteiger partial charge in [-0.25, -0.2) is 22.5 Å². The van der Waals surface area contributed by atoms with E-state index < -0.39 is 10.0 Å². The molecule has 0 radical (unpaired) electrons. The van der Waals surface area contributed by atoms with Gasteiger partial charge in [-0.05, 0) is 50.2 Å². The Balaban J connectivity index is 1.74. The number of aryl methyl sites for hydroxylation is 2. The fourth-order valence-electron chi connectivity index (χ4n) is 2.56.